The van der Waals surface area contributed by atoms with Crippen LogP contribution in [0.5, 0.6) is 0 Å². The maximum atomic E-state index is 11.9. The second kappa shape index (κ2) is 14.6. The number of aliphatic carboxylic acids is 1. The van der Waals surface area contributed by atoms with Crippen LogP contribution in [0.3, 0.4) is 0 Å². The van der Waals surface area contributed by atoms with Gasteiger partial charge in [0, 0.05) is 23.0 Å². The predicted molar refractivity (Wildman–Crippen MR) is 132 cm³/mol. The molecule has 0 bridgehead atoms. The number of nitrogens with zero attached hydrogens (tertiary/aromatic N) is 1. The number of carboxylic acids is 1. The molecule has 0 saturated carbocycles. The number of carbonyl (C=O) groups is 1. The summed E-state index contributed by atoms with van der Waals surface area (Å²) in [7, 11) is 2.18. The summed E-state index contributed by atoms with van der Waals surface area (Å²) in [4.78, 5) is 14.4. The maximum Gasteiger partial charge on any atom is 0.0448 e. The zero-order chi connectivity index (χ0) is 23.3. The minimum Gasteiger partial charge on any atom is -0.550 e. The molecule has 184 valence electrons. The molecule has 1 rings (SSSR count). The summed E-state index contributed by atoms with van der Waals surface area (Å²) in [6, 6.07) is 0. The lowest BCUT2D eigenvalue weighted by atomic mass is 9.68. The molecule has 0 amide bonds. The lowest BCUT2D eigenvalue weighted by Crippen LogP contribution is -2.60. The average Bonchev–Trinajstić information content (AvgIpc) is 2.68. The van der Waals surface area contributed by atoms with Crippen molar-refractivity contribution in [1.29, 1.82) is 0 Å². The number of rotatable bonds is 17. The van der Waals surface area contributed by atoms with Crippen molar-refractivity contribution in [2.45, 2.75) is 155 Å². The molecule has 1 unspecified atom stereocenters. The Morgan fingerprint density at radius 1 is 0.774 bits per heavy atom. The summed E-state index contributed by atoms with van der Waals surface area (Å²) in [6.07, 6.45) is 21.4. The molecule has 1 atom stereocenters. The van der Waals surface area contributed by atoms with Gasteiger partial charge in [-0.3, -0.25) is 4.90 Å². The van der Waals surface area contributed by atoms with Crippen LogP contribution in [-0.2, 0) is 4.79 Å². The molecule has 0 N–H and O–H groups in total. The summed E-state index contributed by atoms with van der Waals surface area (Å²) >= 11 is 0. The van der Waals surface area contributed by atoms with Crippen molar-refractivity contribution in [2.24, 2.45) is 11.8 Å². The first kappa shape index (κ1) is 28.5. The van der Waals surface area contributed by atoms with Crippen LogP contribution < -0.4 is 5.11 Å². The molecule has 0 aromatic carbocycles. The fourth-order valence-electron chi connectivity index (χ4n) is 5.84. The van der Waals surface area contributed by atoms with Gasteiger partial charge in [-0.15, -0.1) is 0 Å². The van der Waals surface area contributed by atoms with Gasteiger partial charge in [-0.2, -0.15) is 0 Å². The van der Waals surface area contributed by atoms with E-state index < -0.39 is 5.97 Å². The van der Waals surface area contributed by atoms with Crippen LogP contribution in [0, 0.1) is 11.8 Å². The summed E-state index contributed by atoms with van der Waals surface area (Å²) in [5.74, 6) is -0.881. The van der Waals surface area contributed by atoms with Crippen molar-refractivity contribution >= 4 is 5.97 Å². The minimum atomic E-state index is -0.823. The molecule has 0 spiro atoms. The molecule has 3 heteroatoms. The van der Waals surface area contributed by atoms with Crippen molar-refractivity contribution in [3.63, 3.8) is 0 Å². The van der Waals surface area contributed by atoms with Crippen LogP contribution in [-0.4, -0.2) is 29.0 Å². The molecule has 0 aromatic heterocycles. The summed E-state index contributed by atoms with van der Waals surface area (Å²) in [5, 5.41) is 11.9. The number of piperidine rings is 1. The van der Waals surface area contributed by atoms with Gasteiger partial charge in [-0.25, -0.2) is 0 Å². The molecule has 1 fully saturated rings. The van der Waals surface area contributed by atoms with E-state index in [0.717, 1.165) is 25.7 Å². The van der Waals surface area contributed by atoms with E-state index in [0.29, 0.717) is 0 Å². The number of carboxylic acid groups (broad SMARTS) is 1. The third kappa shape index (κ3) is 10.7. The van der Waals surface area contributed by atoms with E-state index in [1.165, 1.54) is 83.5 Å². The van der Waals surface area contributed by atoms with E-state index in [9.17, 15) is 9.90 Å². The fourth-order valence-corrected chi connectivity index (χ4v) is 5.84. The summed E-state index contributed by atoms with van der Waals surface area (Å²) < 4.78 is 0. The van der Waals surface area contributed by atoms with Crippen molar-refractivity contribution in [1.82, 2.24) is 4.90 Å². The number of hydrogen-bond acceptors (Lipinski definition) is 3. The third-order valence-corrected chi connectivity index (χ3v) is 8.08. The highest BCUT2D eigenvalue weighted by molar-refractivity contribution is 5.68. The standard InChI is InChI=1S/C28H55NO2/c1-7-8-9-10-11-12-13-14-15-16-17-18-19-20-21-25(26(30)31)24-22-27(2,3)29(6)28(4,5)23-24/h24-25H,7-23H2,1-6H3,(H,30,31)/p-1. The maximum absolute atomic E-state index is 11.9. The molecule has 0 aliphatic carbocycles. The second-order valence-corrected chi connectivity index (χ2v) is 11.7. The smallest absolute Gasteiger partial charge is 0.0448 e. The first-order chi connectivity index (χ1) is 14.6. The lowest BCUT2D eigenvalue weighted by molar-refractivity contribution is -0.314. The van der Waals surface area contributed by atoms with E-state index in [-0.39, 0.29) is 22.9 Å². The Bertz CT molecular complexity index is 467. The van der Waals surface area contributed by atoms with E-state index in [1.54, 1.807) is 0 Å². The SMILES string of the molecule is CCCCCCCCCCCCCCCCC(C(=O)[O-])C1CC(C)(C)N(C)C(C)(C)C1. The van der Waals surface area contributed by atoms with Gasteiger partial charge in [0.05, 0.1) is 0 Å². The Hall–Kier alpha value is -0.570. The number of unbranched alkanes of at least 4 members (excludes halogenated alkanes) is 13. The first-order valence-electron chi connectivity index (χ1n) is 13.6. The Labute approximate surface area is 194 Å². The first-order valence-corrected chi connectivity index (χ1v) is 13.6. The van der Waals surface area contributed by atoms with Gasteiger partial charge in [-0.05, 0) is 59.9 Å². The van der Waals surface area contributed by atoms with Crippen molar-refractivity contribution in [3.8, 4) is 0 Å². The number of hydrogen-bond donors (Lipinski definition) is 0. The van der Waals surface area contributed by atoms with Crippen LogP contribution in [0.4, 0.5) is 0 Å². The van der Waals surface area contributed by atoms with Gasteiger partial charge in [0.1, 0.15) is 0 Å². The largest absolute Gasteiger partial charge is 0.550 e. The molecular formula is C28H54NO2-. The van der Waals surface area contributed by atoms with Gasteiger partial charge >= 0.3 is 0 Å². The lowest BCUT2D eigenvalue weighted by Gasteiger charge is -2.55. The second-order valence-electron chi connectivity index (χ2n) is 11.7. The molecule has 0 radical (unpaired) electrons. The van der Waals surface area contributed by atoms with Crippen LogP contribution in [0.2, 0.25) is 0 Å². The zero-order valence-electron chi connectivity index (χ0n) is 21.9. The van der Waals surface area contributed by atoms with E-state index in [1.807, 2.05) is 0 Å². The Morgan fingerprint density at radius 2 is 1.13 bits per heavy atom. The Balaban J connectivity index is 2.16. The normalized spacial score (nSPS) is 20.1. The molecule has 31 heavy (non-hydrogen) atoms. The van der Waals surface area contributed by atoms with E-state index in [4.69, 9.17) is 0 Å². The topological polar surface area (TPSA) is 43.4 Å². The molecule has 0 aromatic rings. The highest BCUT2D eigenvalue weighted by Gasteiger charge is 2.45. The molecule has 1 aliphatic heterocycles. The van der Waals surface area contributed by atoms with Gasteiger partial charge in [0.15, 0.2) is 0 Å². The molecular weight excluding hydrogens is 382 g/mol. The summed E-state index contributed by atoms with van der Waals surface area (Å²) in [5.41, 5.74) is 0.0746. The Kier molecular flexibility index (Phi) is 13.4. The van der Waals surface area contributed by atoms with Gasteiger partial charge in [0.2, 0.25) is 0 Å². The number of carbonyl (C=O) groups excluding carboxylic acids is 1. The molecule has 1 saturated heterocycles. The molecule has 1 aliphatic rings. The highest BCUT2D eigenvalue weighted by atomic mass is 16.4. The van der Waals surface area contributed by atoms with E-state index >= 15 is 0 Å². The third-order valence-electron chi connectivity index (χ3n) is 8.08. The molecule has 3 nitrogen and oxygen atoms in total. The summed E-state index contributed by atoms with van der Waals surface area (Å²) in [6.45, 7) is 11.3. The average molecular weight is 437 g/mol. The van der Waals surface area contributed by atoms with Gasteiger partial charge < -0.3 is 9.90 Å². The minimum absolute atomic E-state index is 0.0373. The predicted octanol–water partition coefficient (Wildman–Crippen LogP) is 7.12. The highest BCUT2D eigenvalue weighted by Crippen LogP contribution is 2.44. The van der Waals surface area contributed by atoms with Crippen molar-refractivity contribution in [2.75, 3.05) is 7.05 Å². The van der Waals surface area contributed by atoms with Crippen LogP contribution >= 0.6 is 0 Å². The quantitative estimate of drug-likeness (QED) is 0.228. The van der Waals surface area contributed by atoms with Crippen LogP contribution in [0.25, 0.3) is 0 Å². The monoisotopic (exact) mass is 436 g/mol. The van der Waals surface area contributed by atoms with Crippen LogP contribution in [0.1, 0.15) is 144 Å². The van der Waals surface area contributed by atoms with Gasteiger partial charge in [0.25, 0.3) is 0 Å². The fraction of sp³-hybridized carbons (Fsp3) is 0.964. The van der Waals surface area contributed by atoms with Crippen LogP contribution in [0.15, 0.2) is 0 Å². The number of likely N-dealkylation sites (tertiary alicyclic amines) is 1. The van der Waals surface area contributed by atoms with Crippen molar-refractivity contribution in [3.05, 3.63) is 0 Å². The van der Waals surface area contributed by atoms with Crippen molar-refractivity contribution < 1.29 is 9.90 Å². The zero-order valence-corrected chi connectivity index (χ0v) is 21.9. The van der Waals surface area contributed by atoms with Gasteiger partial charge in [-0.1, -0.05) is 96.8 Å². The Morgan fingerprint density at radius 3 is 1.48 bits per heavy atom. The molecule has 1 heterocycles. The van der Waals surface area contributed by atoms with E-state index in [2.05, 4.69) is 46.6 Å².